The molecule has 152 valence electrons. The van der Waals surface area contributed by atoms with E-state index in [-0.39, 0.29) is 17.8 Å². The number of hydrogen-bond acceptors (Lipinski definition) is 5. The number of benzene rings is 2. The lowest BCUT2D eigenvalue weighted by molar-refractivity contribution is -0.118. The molecule has 0 saturated carbocycles. The number of rotatable bonds is 6. The molecule has 0 aliphatic carbocycles. The first-order valence-electron chi connectivity index (χ1n) is 9.60. The summed E-state index contributed by atoms with van der Waals surface area (Å²) in [5.41, 5.74) is 3.58. The normalized spacial score (nSPS) is 16.4. The van der Waals surface area contributed by atoms with Crippen molar-refractivity contribution in [1.82, 2.24) is 0 Å². The highest BCUT2D eigenvalue weighted by Gasteiger charge is 2.43. The topological polar surface area (TPSA) is 64.1 Å². The minimum absolute atomic E-state index is 0.159. The molecule has 0 radical (unpaired) electrons. The summed E-state index contributed by atoms with van der Waals surface area (Å²) in [4.78, 5) is 31.0. The van der Waals surface area contributed by atoms with Crippen LogP contribution in [0.15, 0.2) is 59.9 Å². The first-order chi connectivity index (χ1) is 13.8. The summed E-state index contributed by atoms with van der Waals surface area (Å²) in [6, 6.07) is 14.5. The Morgan fingerprint density at radius 1 is 0.931 bits per heavy atom. The summed E-state index contributed by atoms with van der Waals surface area (Å²) in [7, 11) is 7.78. The van der Waals surface area contributed by atoms with Crippen LogP contribution in [0.3, 0.4) is 0 Å². The van der Waals surface area contributed by atoms with E-state index in [1.165, 1.54) is 4.90 Å². The second-order valence-corrected chi connectivity index (χ2v) is 7.51. The molecule has 3 rings (SSSR count). The number of nitrogens with zero attached hydrogens (tertiary/aromatic N) is 3. The van der Waals surface area contributed by atoms with Crippen molar-refractivity contribution in [1.29, 1.82) is 0 Å². The molecule has 6 nitrogen and oxygen atoms in total. The average molecular weight is 393 g/mol. The van der Waals surface area contributed by atoms with Crippen molar-refractivity contribution in [2.75, 3.05) is 42.9 Å². The van der Waals surface area contributed by atoms with Gasteiger partial charge in [0.25, 0.3) is 5.91 Å². The van der Waals surface area contributed by atoms with Gasteiger partial charge in [0.1, 0.15) is 0 Å². The maximum Gasteiger partial charge on any atom is 0.294 e. The molecule has 29 heavy (non-hydrogen) atoms. The van der Waals surface area contributed by atoms with Gasteiger partial charge < -0.3 is 14.9 Å². The molecular formula is C23H27N3O3. The molecule has 1 unspecified atom stereocenters. The van der Waals surface area contributed by atoms with E-state index in [1.54, 1.807) is 6.92 Å². The Bertz CT molecular complexity index is 944. The van der Waals surface area contributed by atoms with Crippen LogP contribution >= 0.6 is 0 Å². The number of aliphatic hydroxyl groups is 1. The quantitative estimate of drug-likeness (QED) is 0.811. The minimum Gasteiger partial charge on any atom is -0.503 e. The van der Waals surface area contributed by atoms with E-state index in [0.29, 0.717) is 5.69 Å². The van der Waals surface area contributed by atoms with E-state index in [2.05, 4.69) is 0 Å². The number of carbonyl (C=O) groups excluding carboxylic acids is 2. The molecule has 1 atom stereocenters. The first kappa shape index (κ1) is 20.5. The molecule has 0 aromatic heterocycles. The lowest BCUT2D eigenvalue weighted by Crippen LogP contribution is -2.31. The van der Waals surface area contributed by atoms with E-state index in [9.17, 15) is 14.7 Å². The Kier molecular flexibility index (Phi) is 5.64. The molecule has 6 heteroatoms. The van der Waals surface area contributed by atoms with Gasteiger partial charge in [0.2, 0.25) is 0 Å². The Labute approximate surface area is 171 Å². The summed E-state index contributed by atoms with van der Waals surface area (Å²) < 4.78 is 0. The van der Waals surface area contributed by atoms with Gasteiger partial charge in [0.15, 0.2) is 11.5 Å². The second-order valence-electron chi connectivity index (χ2n) is 7.51. The molecule has 0 fully saturated rings. The van der Waals surface area contributed by atoms with Gasteiger partial charge in [-0.2, -0.15) is 0 Å². The number of amides is 1. The Morgan fingerprint density at radius 3 is 1.86 bits per heavy atom. The number of carbonyl (C=O) groups is 2. The molecule has 0 bridgehead atoms. The van der Waals surface area contributed by atoms with Crippen LogP contribution in [-0.4, -0.2) is 45.0 Å². The fourth-order valence-corrected chi connectivity index (χ4v) is 3.53. The van der Waals surface area contributed by atoms with Crippen molar-refractivity contribution in [2.45, 2.75) is 19.4 Å². The third kappa shape index (κ3) is 3.70. The second kappa shape index (κ2) is 7.99. The van der Waals surface area contributed by atoms with Crippen molar-refractivity contribution in [3.63, 3.8) is 0 Å². The van der Waals surface area contributed by atoms with Gasteiger partial charge in [-0.05, 0) is 42.0 Å². The maximum atomic E-state index is 13.0. The molecule has 1 aliphatic rings. The van der Waals surface area contributed by atoms with Gasteiger partial charge in [-0.15, -0.1) is 0 Å². The van der Waals surface area contributed by atoms with Crippen LogP contribution in [0.2, 0.25) is 0 Å². The van der Waals surface area contributed by atoms with Crippen molar-refractivity contribution in [2.24, 2.45) is 0 Å². The van der Waals surface area contributed by atoms with Crippen LogP contribution in [0.4, 0.5) is 17.1 Å². The molecule has 0 saturated heterocycles. The fourth-order valence-electron chi connectivity index (χ4n) is 3.53. The van der Waals surface area contributed by atoms with E-state index >= 15 is 0 Å². The van der Waals surface area contributed by atoms with Gasteiger partial charge >= 0.3 is 0 Å². The van der Waals surface area contributed by atoms with Gasteiger partial charge in [-0.3, -0.25) is 14.5 Å². The summed E-state index contributed by atoms with van der Waals surface area (Å²) in [5, 5.41) is 10.6. The van der Waals surface area contributed by atoms with Crippen molar-refractivity contribution >= 4 is 28.8 Å². The molecular weight excluding hydrogens is 366 g/mol. The molecule has 1 N–H and O–H groups in total. The summed E-state index contributed by atoms with van der Waals surface area (Å²) in [5.74, 6) is -1.25. The SMILES string of the molecule is CCC(=O)C1=C(O)C(=O)N(c2ccc(N(C)C)cc2)C1c1ccc(N(C)C)cc1. The van der Waals surface area contributed by atoms with Crippen molar-refractivity contribution in [3.8, 4) is 0 Å². The number of Topliss-reactive ketones (excluding diaryl/α,β-unsaturated/α-hetero) is 1. The molecule has 2 aromatic rings. The summed E-state index contributed by atoms with van der Waals surface area (Å²) in [6.45, 7) is 1.73. The third-order valence-corrected chi connectivity index (χ3v) is 5.20. The largest absolute Gasteiger partial charge is 0.503 e. The standard InChI is InChI=1S/C23H27N3O3/c1-6-19(27)20-21(15-7-9-16(10-8-15)24(2)3)26(23(29)22(20)28)18-13-11-17(12-14-18)25(4)5/h7-14,21,28H,6H2,1-5H3. The Hall–Kier alpha value is -3.28. The molecule has 2 aromatic carbocycles. The van der Waals surface area contributed by atoms with Crippen LogP contribution in [0, 0.1) is 0 Å². The predicted octanol–water partition coefficient (Wildman–Crippen LogP) is 3.70. The van der Waals surface area contributed by atoms with Crippen LogP contribution < -0.4 is 14.7 Å². The van der Waals surface area contributed by atoms with Crippen LogP contribution in [0.5, 0.6) is 0 Å². The van der Waals surface area contributed by atoms with Crippen molar-refractivity contribution < 1.29 is 14.7 Å². The highest BCUT2D eigenvalue weighted by Crippen LogP contribution is 2.41. The van der Waals surface area contributed by atoms with Crippen LogP contribution in [0.1, 0.15) is 24.9 Å². The lowest BCUT2D eigenvalue weighted by atomic mass is 9.94. The van der Waals surface area contributed by atoms with Crippen molar-refractivity contribution in [3.05, 3.63) is 65.4 Å². The molecule has 0 spiro atoms. The molecule has 1 amide bonds. The van der Waals surface area contributed by atoms with E-state index in [1.807, 2.05) is 86.5 Å². The zero-order valence-corrected chi connectivity index (χ0v) is 17.5. The van der Waals surface area contributed by atoms with Gasteiger partial charge in [0, 0.05) is 51.7 Å². The number of hydrogen-bond donors (Lipinski definition) is 1. The maximum absolute atomic E-state index is 13.0. The highest BCUT2D eigenvalue weighted by atomic mass is 16.3. The average Bonchev–Trinajstić information content (AvgIpc) is 2.98. The molecule has 1 heterocycles. The van der Waals surface area contributed by atoms with Gasteiger partial charge in [-0.25, -0.2) is 0 Å². The highest BCUT2D eigenvalue weighted by molar-refractivity contribution is 6.16. The molecule has 1 aliphatic heterocycles. The Morgan fingerprint density at radius 2 is 1.41 bits per heavy atom. The van der Waals surface area contributed by atoms with Gasteiger partial charge in [-0.1, -0.05) is 19.1 Å². The van der Waals surface area contributed by atoms with Gasteiger partial charge in [0.05, 0.1) is 11.6 Å². The zero-order chi connectivity index (χ0) is 21.3. The van der Waals surface area contributed by atoms with Crippen LogP contribution in [0.25, 0.3) is 0 Å². The number of aliphatic hydroxyl groups excluding tert-OH is 1. The first-order valence-corrected chi connectivity index (χ1v) is 9.60. The number of anilines is 3. The fraction of sp³-hybridized carbons (Fsp3) is 0.304. The predicted molar refractivity (Wildman–Crippen MR) is 117 cm³/mol. The Balaban J connectivity index is 2.11. The van der Waals surface area contributed by atoms with E-state index in [0.717, 1.165) is 16.9 Å². The minimum atomic E-state index is -0.656. The summed E-state index contributed by atoms with van der Waals surface area (Å²) in [6.07, 6.45) is 0.215. The summed E-state index contributed by atoms with van der Waals surface area (Å²) >= 11 is 0. The smallest absolute Gasteiger partial charge is 0.294 e. The van der Waals surface area contributed by atoms with E-state index in [4.69, 9.17) is 0 Å². The zero-order valence-electron chi connectivity index (χ0n) is 17.5. The monoisotopic (exact) mass is 393 g/mol. The third-order valence-electron chi connectivity index (χ3n) is 5.20. The lowest BCUT2D eigenvalue weighted by Gasteiger charge is -2.28. The number of ketones is 1. The van der Waals surface area contributed by atoms with E-state index < -0.39 is 17.7 Å². The van der Waals surface area contributed by atoms with Crippen LogP contribution in [-0.2, 0) is 9.59 Å².